The zero-order valence-electron chi connectivity index (χ0n) is 7.14. The molecular weight excluding hydrogens is 196 g/mol. The third-order valence-corrected chi connectivity index (χ3v) is 2.54. The highest BCUT2D eigenvalue weighted by Crippen LogP contribution is 2.25. The number of benzene rings is 1. The second kappa shape index (κ2) is 3.48. The molecule has 0 fully saturated rings. The van der Waals surface area contributed by atoms with Crippen molar-refractivity contribution in [3.05, 3.63) is 34.7 Å². The number of aromatic hydroxyl groups is 1. The van der Waals surface area contributed by atoms with Gasteiger partial charge >= 0.3 is 0 Å². The Bertz CT molecular complexity index is 482. The molecule has 2 aromatic rings. The van der Waals surface area contributed by atoms with Crippen molar-refractivity contribution in [1.29, 1.82) is 5.26 Å². The molecule has 1 aromatic carbocycles. The van der Waals surface area contributed by atoms with E-state index in [-0.39, 0.29) is 5.75 Å². The highest BCUT2D eigenvalue weighted by atomic mass is 32.1. The Morgan fingerprint density at radius 1 is 1.29 bits per heavy atom. The monoisotopic (exact) mass is 202 g/mol. The predicted molar refractivity (Wildman–Crippen MR) is 53.9 cm³/mol. The lowest BCUT2D eigenvalue weighted by Gasteiger charge is -1.97. The minimum Gasteiger partial charge on any atom is -0.508 e. The maximum atomic E-state index is 9.10. The molecule has 0 aliphatic carbocycles. The van der Waals surface area contributed by atoms with Crippen LogP contribution >= 0.6 is 11.3 Å². The number of phenolic OH excluding ortho intramolecular Hbond substituents is 1. The fourth-order valence-corrected chi connectivity index (χ4v) is 1.75. The first kappa shape index (κ1) is 8.73. The molecule has 0 atom stereocenters. The first-order chi connectivity index (χ1) is 6.81. The number of phenols is 1. The van der Waals surface area contributed by atoms with E-state index < -0.39 is 0 Å². The van der Waals surface area contributed by atoms with Crippen LogP contribution in [0.3, 0.4) is 0 Å². The average Bonchev–Trinajstić information content (AvgIpc) is 2.67. The van der Waals surface area contributed by atoms with E-state index in [1.54, 1.807) is 29.8 Å². The summed E-state index contributed by atoms with van der Waals surface area (Å²) in [4.78, 5) is 4.69. The Morgan fingerprint density at radius 2 is 2.00 bits per heavy atom. The van der Waals surface area contributed by atoms with Gasteiger partial charge in [-0.2, -0.15) is 5.26 Å². The molecule has 3 nitrogen and oxygen atoms in total. The van der Waals surface area contributed by atoms with Crippen LogP contribution in [0.1, 0.15) is 4.88 Å². The van der Waals surface area contributed by atoms with Crippen molar-refractivity contribution in [2.24, 2.45) is 0 Å². The molecule has 0 saturated carbocycles. The van der Waals surface area contributed by atoms with Crippen molar-refractivity contribution in [2.75, 3.05) is 0 Å². The summed E-state index contributed by atoms with van der Waals surface area (Å²) in [5, 5.41) is 17.9. The van der Waals surface area contributed by atoms with Gasteiger partial charge in [-0.05, 0) is 24.3 Å². The summed E-state index contributed by atoms with van der Waals surface area (Å²) in [5.41, 5.74) is 3.17. The van der Waals surface area contributed by atoms with Crippen LogP contribution < -0.4 is 0 Å². The van der Waals surface area contributed by atoms with Crippen molar-refractivity contribution in [1.82, 2.24) is 4.98 Å². The average molecular weight is 202 g/mol. The molecule has 2 rings (SSSR count). The Kier molecular flexibility index (Phi) is 2.17. The van der Waals surface area contributed by atoms with E-state index in [1.807, 2.05) is 0 Å². The summed E-state index contributed by atoms with van der Waals surface area (Å²) < 4.78 is 0. The van der Waals surface area contributed by atoms with Crippen LogP contribution in [0.2, 0.25) is 0 Å². The summed E-state index contributed by atoms with van der Waals surface area (Å²) in [6, 6.07) is 8.72. The van der Waals surface area contributed by atoms with Gasteiger partial charge in [0.25, 0.3) is 0 Å². The highest BCUT2D eigenvalue weighted by Gasteiger charge is 2.07. The zero-order chi connectivity index (χ0) is 9.97. The highest BCUT2D eigenvalue weighted by molar-refractivity contribution is 7.10. The van der Waals surface area contributed by atoms with E-state index in [1.165, 1.54) is 11.3 Å². The Labute approximate surface area is 84.9 Å². The topological polar surface area (TPSA) is 56.9 Å². The molecule has 0 aliphatic heterocycles. The molecule has 4 heteroatoms. The molecule has 0 amide bonds. The quantitative estimate of drug-likeness (QED) is 0.772. The lowest BCUT2D eigenvalue weighted by Crippen LogP contribution is -1.79. The third kappa shape index (κ3) is 1.45. The normalized spacial score (nSPS) is 9.64. The fourth-order valence-electron chi connectivity index (χ4n) is 1.15. The van der Waals surface area contributed by atoms with Crippen LogP contribution in [0.4, 0.5) is 0 Å². The number of hydrogen-bond acceptors (Lipinski definition) is 4. The number of nitriles is 1. The van der Waals surface area contributed by atoms with Crippen molar-refractivity contribution in [2.45, 2.75) is 0 Å². The summed E-state index contributed by atoms with van der Waals surface area (Å²) in [5.74, 6) is 0.211. The number of thiazole rings is 1. The molecule has 0 unspecified atom stereocenters. The van der Waals surface area contributed by atoms with Gasteiger partial charge in [0.15, 0.2) is 0 Å². The summed E-state index contributed by atoms with van der Waals surface area (Å²) >= 11 is 1.31. The molecule has 0 saturated heterocycles. The molecule has 1 N–H and O–H groups in total. The Morgan fingerprint density at radius 3 is 2.64 bits per heavy atom. The molecule has 0 bridgehead atoms. The van der Waals surface area contributed by atoms with Crippen molar-refractivity contribution >= 4 is 11.3 Å². The maximum absolute atomic E-state index is 9.10. The van der Waals surface area contributed by atoms with E-state index in [4.69, 9.17) is 10.4 Å². The van der Waals surface area contributed by atoms with Crippen LogP contribution in [0.5, 0.6) is 5.75 Å². The number of rotatable bonds is 1. The van der Waals surface area contributed by atoms with Crippen LogP contribution in [0, 0.1) is 11.3 Å². The molecule has 0 aliphatic rings. The second-order valence-electron chi connectivity index (χ2n) is 2.69. The van der Waals surface area contributed by atoms with Gasteiger partial charge in [0.1, 0.15) is 16.7 Å². The Hall–Kier alpha value is -1.86. The number of hydrogen-bond donors (Lipinski definition) is 1. The summed E-state index contributed by atoms with van der Waals surface area (Å²) in [7, 11) is 0. The second-order valence-corrected chi connectivity index (χ2v) is 3.54. The zero-order valence-corrected chi connectivity index (χ0v) is 7.95. The molecule has 14 heavy (non-hydrogen) atoms. The molecule has 0 radical (unpaired) electrons. The molecule has 68 valence electrons. The maximum Gasteiger partial charge on any atom is 0.132 e. The van der Waals surface area contributed by atoms with Gasteiger partial charge in [0.05, 0.1) is 11.2 Å². The Balaban J connectivity index is 2.50. The van der Waals surface area contributed by atoms with Gasteiger partial charge < -0.3 is 5.11 Å². The van der Waals surface area contributed by atoms with Gasteiger partial charge in [0.2, 0.25) is 0 Å². The van der Waals surface area contributed by atoms with E-state index in [2.05, 4.69) is 11.1 Å². The molecule has 1 aromatic heterocycles. The van der Waals surface area contributed by atoms with Crippen LogP contribution in [0.15, 0.2) is 29.8 Å². The van der Waals surface area contributed by atoms with Crippen molar-refractivity contribution in [3.63, 3.8) is 0 Å². The largest absolute Gasteiger partial charge is 0.508 e. The van der Waals surface area contributed by atoms with E-state index in [0.717, 1.165) is 5.56 Å². The number of nitrogens with zero attached hydrogens (tertiary/aromatic N) is 2. The molecule has 1 heterocycles. The van der Waals surface area contributed by atoms with Crippen molar-refractivity contribution in [3.8, 4) is 23.1 Å². The minimum atomic E-state index is 0.211. The van der Waals surface area contributed by atoms with Crippen LogP contribution in [-0.2, 0) is 0 Å². The SMILES string of the molecule is N#Cc1scnc1-c1ccc(O)cc1. The van der Waals surface area contributed by atoms with Gasteiger partial charge in [0, 0.05) is 5.56 Å². The number of aromatic nitrogens is 1. The van der Waals surface area contributed by atoms with Gasteiger partial charge in [-0.1, -0.05) is 0 Å². The van der Waals surface area contributed by atoms with Gasteiger partial charge in [-0.15, -0.1) is 11.3 Å². The van der Waals surface area contributed by atoms with E-state index >= 15 is 0 Å². The summed E-state index contributed by atoms with van der Waals surface area (Å²) in [6.07, 6.45) is 0. The van der Waals surface area contributed by atoms with Gasteiger partial charge in [-0.3, -0.25) is 0 Å². The van der Waals surface area contributed by atoms with Gasteiger partial charge in [-0.25, -0.2) is 4.98 Å². The van der Waals surface area contributed by atoms with Crippen molar-refractivity contribution < 1.29 is 5.11 Å². The smallest absolute Gasteiger partial charge is 0.132 e. The molecule has 0 spiro atoms. The third-order valence-electron chi connectivity index (χ3n) is 1.81. The fraction of sp³-hybridized carbons (Fsp3) is 0. The first-order valence-electron chi connectivity index (χ1n) is 3.94. The van der Waals surface area contributed by atoms with E-state index in [9.17, 15) is 0 Å². The lowest BCUT2D eigenvalue weighted by molar-refractivity contribution is 0.475. The van der Waals surface area contributed by atoms with Crippen LogP contribution in [0.25, 0.3) is 11.3 Å². The minimum absolute atomic E-state index is 0.211. The van der Waals surface area contributed by atoms with E-state index in [0.29, 0.717) is 10.6 Å². The predicted octanol–water partition coefficient (Wildman–Crippen LogP) is 2.39. The molecular formula is C10H6N2OS. The summed E-state index contributed by atoms with van der Waals surface area (Å²) in [6.45, 7) is 0. The first-order valence-corrected chi connectivity index (χ1v) is 4.82. The van der Waals surface area contributed by atoms with Crippen LogP contribution in [-0.4, -0.2) is 10.1 Å². The standard InChI is InChI=1S/C10H6N2OS/c11-5-9-10(12-6-14-9)7-1-3-8(13)4-2-7/h1-4,6,13H. The lowest BCUT2D eigenvalue weighted by atomic mass is 10.1.